The van der Waals surface area contributed by atoms with Crippen molar-refractivity contribution in [1.82, 2.24) is 10.9 Å². The van der Waals surface area contributed by atoms with Gasteiger partial charge in [-0.2, -0.15) is 10.1 Å². The van der Waals surface area contributed by atoms with Gasteiger partial charge in [0.2, 0.25) is 0 Å². The highest BCUT2D eigenvalue weighted by Crippen LogP contribution is 1.76. The van der Waals surface area contributed by atoms with Gasteiger partial charge in [-0.1, -0.05) is 33.3 Å². The third-order valence-corrected chi connectivity index (χ3v) is 1.18. The van der Waals surface area contributed by atoms with Gasteiger partial charge in [-0.25, -0.2) is 0 Å². The fraction of sp³-hybridized carbons (Fsp3) is 0.818. The van der Waals surface area contributed by atoms with Crippen LogP contribution in [-0.4, -0.2) is 31.9 Å². The average Bonchev–Trinajstić information content (AvgIpc) is 2.82. The summed E-state index contributed by atoms with van der Waals surface area (Å²) in [5.74, 6) is 0. The van der Waals surface area contributed by atoms with Gasteiger partial charge in [0.05, 0.1) is 19.3 Å². The predicted octanol–water partition coefficient (Wildman–Crippen LogP) is 2.57. The summed E-state index contributed by atoms with van der Waals surface area (Å²) in [5, 5.41) is 13.7. The molecule has 0 aromatic carbocycles. The van der Waals surface area contributed by atoms with E-state index in [1.165, 1.54) is 13.5 Å². The molecule has 0 saturated heterocycles. The molecule has 0 bridgehead atoms. The quantitative estimate of drug-likeness (QED) is 0.322. The second-order valence-electron chi connectivity index (χ2n) is 3.12. The Kier molecular flexibility index (Phi) is 29.1. The third kappa shape index (κ3) is 40.5. The molecule has 0 aromatic rings. The molecule has 17 heavy (non-hydrogen) atoms. The summed E-state index contributed by atoms with van der Waals surface area (Å²) >= 11 is 0. The lowest BCUT2D eigenvalue weighted by atomic mass is 10.5. The van der Waals surface area contributed by atoms with Crippen molar-refractivity contribution in [3.8, 4) is 0 Å². The summed E-state index contributed by atoms with van der Waals surface area (Å²) in [7, 11) is 3.46. The molecule has 0 aromatic heterocycles. The fourth-order valence-corrected chi connectivity index (χ4v) is 0.433. The average molecular weight is 244 g/mol. The van der Waals surface area contributed by atoms with E-state index in [2.05, 4.69) is 48.5 Å². The first-order valence-corrected chi connectivity index (χ1v) is 5.90. The Hall–Kier alpha value is -1.64. The molecule has 0 aliphatic carbocycles. The molecule has 0 spiro atoms. The van der Waals surface area contributed by atoms with Crippen LogP contribution in [0.3, 0.4) is 0 Å². The maximum Gasteiger partial charge on any atom is 0.302 e. The number of likely N-dealkylation sites (N-methyl/N-ethyl adjacent to an activating group) is 1. The van der Waals surface area contributed by atoms with E-state index in [4.69, 9.17) is 5.39 Å². The van der Waals surface area contributed by atoms with E-state index in [0.29, 0.717) is 0 Å². The fourth-order valence-electron chi connectivity index (χ4n) is 0.433. The minimum absolute atomic E-state index is 0.997. The molecular weight excluding hydrogens is 216 g/mol. The first-order valence-electron chi connectivity index (χ1n) is 5.90. The Morgan fingerprint density at radius 1 is 1.53 bits per heavy atom. The van der Waals surface area contributed by atoms with Crippen LogP contribution in [0.25, 0.3) is 5.08 Å². The van der Waals surface area contributed by atoms with Gasteiger partial charge in [0.1, 0.15) is 13.1 Å². The maximum atomic E-state index is 7.39. The van der Waals surface area contributed by atoms with E-state index < -0.39 is 0 Å². The molecule has 0 amide bonds. The van der Waals surface area contributed by atoms with Crippen molar-refractivity contribution >= 4 is 0 Å². The van der Waals surface area contributed by atoms with Crippen LogP contribution in [0.5, 0.6) is 0 Å². The number of diazo groups is 1. The van der Waals surface area contributed by atoms with Crippen LogP contribution in [-0.2, 0) is 0 Å². The SMILES string of the molecule is C=CCC.CCC.CN[N+]#N.C[N+]1=NNCC1. The number of allylic oxidation sites excluding steroid dienone is 1. The van der Waals surface area contributed by atoms with Crippen LogP contribution in [0, 0.1) is 5.39 Å². The minimum atomic E-state index is 0.997. The van der Waals surface area contributed by atoms with E-state index in [9.17, 15) is 0 Å². The summed E-state index contributed by atoms with van der Waals surface area (Å²) < 4.78 is 1.88. The number of nitrogens with one attached hydrogen (secondary N) is 2. The zero-order valence-corrected chi connectivity index (χ0v) is 11.9. The molecule has 0 radical (unpaired) electrons. The van der Waals surface area contributed by atoms with E-state index in [0.717, 1.165) is 19.5 Å². The molecule has 100 valence electrons. The smallest absolute Gasteiger partial charge is 0.179 e. The highest BCUT2D eigenvalue weighted by atomic mass is 15.5. The van der Waals surface area contributed by atoms with Crippen LogP contribution in [0.4, 0.5) is 0 Å². The molecular formula is C11H28N6+2. The Morgan fingerprint density at radius 2 is 1.94 bits per heavy atom. The second-order valence-corrected chi connectivity index (χ2v) is 3.12. The van der Waals surface area contributed by atoms with Crippen LogP contribution in [0.1, 0.15) is 33.6 Å². The lowest BCUT2D eigenvalue weighted by Crippen LogP contribution is -2.03. The summed E-state index contributed by atoms with van der Waals surface area (Å²) in [6, 6.07) is 0. The van der Waals surface area contributed by atoms with Gasteiger partial charge in [-0.3, -0.25) is 0 Å². The van der Waals surface area contributed by atoms with E-state index in [1.807, 2.05) is 17.8 Å². The van der Waals surface area contributed by atoms with Crippen molar-refractivity contribution < 1.29 is 4.70 Å². The molecule has 2 N–H and O–H groups in total. The summed E-state index contributed by atoms with van der Waals surface area (Å²) in [6.07, 6.45) is 4.21. The van der Waals surface area contributed by atoms with E-state index in [1.54, 1.807) is 0 Å². The van der Waals surface area contributed by atoms with Crippen LogP contribution in [0.2, 0.25) is 0 Å². The molecule has 0 atom stereocenters. The molecule has 0 unspecified atom stereocenters. The highest BCUT2D eigenvalue weighted by Gasteiger charge is 2.01. The third-order valence-electron chi connectivity index (χ3n) is 1.18. The lowest BCUT2D eigenvalue weighted by molar-refractivity contribution is -0.552. The Balaban J connectivity index is -0.000000161. The minimum Gasteiger partial charge on any atom is -0.179 e. The van der Waals surface area contributed by atoms with Crippen molar-refractivity contribution in [3.63, 3.8) is 0 Å². The Labute approximate surface area is 105 Å². The highest BCUT2D eigenvalue weighted by molar-refractivity contribution is 4.60. The Bertz CT molecular complexity index is 206. The maximum absolute atomic E-state index is 7.39. The number of hydrogen-bond acceptors (Lipinski definition) is 4. The molecule has 0 fully saturated rings. The normalized spacial score (nSPS) is 10.5. The van der Waals surface area contributed by atoms with Crippen molar-refractivity contribution in [2.24, 2.45) is 5.22 Å². The molecule has 1 aliphatic rings. The molecule has 1 rings (SSSR count). The summed E-state index contributed by atoms with van der Waals surface area (Å²) in [6.45, 7) is 11.8. The predicted molar refractivity (Wildman–Crippen MR) is 72.1 cm³/mol. The van der Waals surface area contributed by atoms with Crippen LogP contribution >= 0.6 is 0 Å². The van der Waals surface area contributed by atoms with Gasteiger partial charge in [-0.05, 0) is 11.8 Å². The van der Waals surface area contributed by atoms with Gasteiger partial charge >= 0.3 is 5.08 Å². The lowest BCUT2D eigenvalue weighted by Gasteiger charge is -1.73. The van der Waals surface area contributed by atoms with Crippen LogP contribution in [0.15, 0.2) is 17.9 Å². The van der Waals surface area contributed by atoms with E-state index in [-0.39, 0.29) is 0 Å². The summed E-state index contributed by atoms with van der Waals surface area (Å²) in [5.41, 5.74) is 4.93. The first kappa shape index (κ1) is 20.7. The molecule has 1 aliphatic heterocycles. The van der Waals surface area contributed by atoms with Gasteiger partial charge < -0.3 is 0 Å². The first-order chi connectivity index (χ1) is 8.14. The molecule has 0 saturated carbocycles. The van der Waals surface area contributed by atoms with Crippen molar-refractivity contribution in [3.05, 3.63) is 17.7 Å². The van der Waals surface area contributed by atoms with Gasteiger partial charge in [0, 0.05) is 0 Å². The van der Waals surface area contributed by atoms with Crippen molar-refractivity contribution in [2.45, 2.75) is 33.6 Å². The zero-order valence-electron chi connectivity index (χ0n) is 11.9. The second kappa shape index (κ2) is 23.9. The van der Waals surface area contributed by atoms with Crippen molar-refractivity contribution in [2.75, 3.05) is 27.2 Å². The number of nitrogens with zero attached hydrogens (tertiary/aromatic N) is 4. The van der Waals surface area contributed by atoms with Gasteiger partial charge in [0.25, 0.3) is 5.39 Å². The standard InChI is InChI=1S/C4H8.C3H7N3.C3H8.CH4N3/c1-3-4-2;1-6-3-2-4-5-6;1-3-2;1-3-4-2/h3H,1,4H2,2H3;2-3H2,1H3;3H2,1-2H3;3H,1H3/q;;;+1/p+1. The molecule has 6 nitrogen and oxygen atoms in total. The molecule has 1 heterocycles. The number of rotatable bonds is 1. The van der Waals surface area contributed by atoms with Crippen molar-refractivity contribution in [1.29, 1.82) is 5.39 Å². The van der Waals surface area contributed by atoms with E-state index >= 15 is 0 Å². The zero-order chi connectivity index (χ0) is 13.9. The van der Waals surface area contributed by atoms with Crippen LogP contribution < -0.4 is 10.9 Å². The largest absolute Gasteiger partial charge is 0.302 e. The van der Waals surface area contributed by atoms with Gasteiger partial charge in [-0.15, -0.1) is 6.58 Å². The number of hydrogen-bond donors (Lipinski definition) is 2. The van der Waals surface area contributed by atoms with Gasteiger partial charge in [0.15, 0.2) is 0 Å². The monoisotopic (exact) mass is 244 g/mol. The Morgan fingerprint density at radius 3 is 2.00 bits per heavy atom. The molecule has 6 heteroatoms. The summed E-state index contributed by atoms with van der Waals surface area (Å²) in [4.78, 5) is 0. The topological polar surface area (TPSA) is 67.6 Å².